The molecule has 0 aliphatic heterocycles. The van der Waals surface area contributed by atoms with Gasteiger partial charge in [-0.25, -0.2) is 4.39 Å². The Kier molecular flexibility index (Phi) is 4.71. The summed E-state index contributed by atoms with van der Waals surface area (Å²) in [5.41, 5.74) is -8.72. The van der Waals surface area contributed by atoms with Gasteiger partial charge < -0.3 is 4.74 Å². The summed E-state index contributed by atoms with van der Waals surface area (Å²) in [6.45, 7) is 6.23. The third-order valence-electron chi connectivity index (χ3n) is 3.04. The summed E-state index contributed by atoms with van der Waals surface area (Å²) in [5, 5.41) is 0. The van der Waals surface area contributed by atoms with Crippen LogP contribution < -0.4 is 0 Å². The van der Waals surface area contributed by atoms with Crippen LogP contribution in [0.2, 0.25) is 0 Å². The van der Waals surface area contributed by atoms with Crippen molar-refractivity contribution in [3.05, 3.63) is 0 Å². The van der Waals surface area contributed by atoms with Gasteiger partial charge in [-0.05, 0) is 27.2 Å². The summed E-state index contributed by atoms with van der Waals surface area (Å²) in [6, 6.07) is 0. The van der Waals surface area contributed by atoms with Crippen LogP contribution in [0.3, 0.4) is 0 Å². The first kappa shape index (κ1) is 18.5. The Morgan fingerprint density at radius 3 is 1.37 bits per heavy atom. The second kappa shape index (κ2) is 4.82. The zero-order chi connectivity index (χ0) is 15.9. The normalized spacial score (nSPS) is 18.3. The summed E-state index contributed by atoms with van der Waals surface area (Å²) in [7, 11) is 0. The van der Waals surface area contributed by atoms with Gasteiger partial charge in [0, 0.05) is 5.41 Å². The van der Waals surface area contributed by atoms with E-state index in [-0.39, 0.29) is 0 Å². The van der Waals surface area contributed by atoms with Gasteiger partial charge in [0.25, 0.3) is 5.67 Å². The van der Waals surface area contributed by atoms with E-state index in [1.165, 1.54) is 6.92 Å². The van der Waals surface area contributed by atoms with Crippen LogP contribution in [0, 0.1) is 5.41 Å². The van der Waals surface area contributed by atoms with Crippen molar-refractivity contribution in [3.8, 4) is 0 Å². The molecule has 19 heavy (non-hydrogen) atoms. The molecule has 0 fully saturated rings. The van der Waals surface area contributed by atoms with Gasteiger partial charge in [-0.2, -0.15) is 22.0 Å². The van der Waals surface area contributed by atoms with Gasteiger partial charge in [-0.3, -0.25) is 0 Å². The summed E-state index contributed by atoms with van der Waals surface area (Å²) in [6.07, 6.45) is -11.2. The molecule has 0 spiro atoms. The SMILES string of the molecule is CCC(C)(C)C(F)(C(F)(F)F)C(F)(F)OC(C)(C)C. The van der Waals surface area contributed by atoms with E-state index in [1.54, 1.807) is 0 Å². The summed E-state index contributed by atoms with van der Waals surface area (Å²) < 4.78 is 84.9. The molecule has 1 unspecified atom stereocenters. The minimum absolute atomic E-state index is 0.425. The standard InChI is InChI=1S/C12H20F6O/c1-7-9(5,6)10(13,11(14,15)16)12(17,18)19-8(2,3)4/h7H2,1-6H3. The lowest BCUT2D eigenvalue weighted by Gasteiger charge is -2.46. The Labute approximate surface area is 109 Å². The third kappa shape index (κ3) is 3.35. The van der Waals surface area contributed by atoms with Gasteiger partial charge >= 0.3 is 12.3 Å². The molecule has 1 nitrogen and oxygen atoms in total. The maximum absolute atomic E-state index is 14.4. The number of halogens is 6. The lowest BCUT2D eigenvalue weighted by Crippen LogP contribution is -2.65. The minimum Gasteiger partial charge on any atom is -0.312 e. The Hall–Kier alpha value is -0.460. The summed E-state index contributed by atoms with van der Waals surface area (Å²) in [4.78, 5) is 0. The van der Waals surface area contributed by atoms with Gasteiger partial charge in [0.1, 0.15) is 0 Å². The van der Waals surface area contributed by atoms with Crippen LogP contribution >= 0.6 is 0 Å². The topological polar surface area (TPSA) is 9.23 Å². The summed E-state index contributed by atoms with van der Waals surface area (Å²) in [5.74, 6) is 0. The molecule has 0 aromatic rings. The van der Waals surface area contributed by atoms with Gasteiger partial charge in [0.2, 0.25) is 0 Å². The average Bonchev–Trinajstić information content (AvgIpc) is 2.10. The van der Waals surface area contributed by atoms with Crippen LogP contribution in [0.4, 0.5) is 26.3 Å². The van der Waals surface area contributed by atoms with Gasteiger partial charge in [-0.15, -0.1) is 0 Å². The number of ether oxygens (including phenoxy) is 1. The predicted octanol–water partition coefficient (Wildman–Crippen LogP) is 5.10. The minimum atomic E-state index is -5.75. The summed E-state index contributed by atoms with van der Waals surface area (Å²) >= 11 is 0. The first-order valence-corrected chi connectivity index (χ1v) is 5.85. The monoisotopic (exact) mass is 294 g/mol. The van der Waals surface area contributed by atoms with Crippen LogP contribution in [0.25, 0.3) is 0 Å². The van der Waals surface area contributed by atoms with Crippen molar-refractivity contribution in [2.75, 3.05) is 0 Å². The van der Waals surface area contributed by atoms with Crippen molar-refractivity contribution < 1.29 is 31.1 Å². The molecule has 116 valence electrons. The van der Waals surface area contributed by atoms with E-state index in [9.17, 15) is 26.3 Å². The second-order valence-corrected chi connectivity index (χ2v) is 6.12. The number of alkyl halides is 6. The zero-order valence-electron chi connectivity index (χ0n) is 11.9. The van der Waals surface area contributed by atoms with Crippen LogP contribution in [-0.4, -0.2) is 23.6 Å². The molecule has 0 rings (SSSR count). The van der Waals surface area contributed by atoms with Crippen LogP contribution in [0.1, 0.15) is 48.0 Å². The van der Waals surface area contributed by atoms with Crippen molar-refractivity contribution in [3.63, 3.8) is 0 Å². The van der Waals surface area contributed by atoms with Gasteiger partial charge in [0.15, 0.2) is 0 Å². The van der Waals surface area contributed by atoms with Gasteiger partial charge in [-0.1, -0.05) is 20.8 Å². The Bertz CT molecular complexity index is 315. The predicted molar refractivity (Wildman–Crippen MR) is 59.8 cm³/mol. The number of hydrogen-bond acceptors (Lipinski definition) is 1. The molecule has 0 saturated heterocycles. The maximum Gasteiger partial charge on any atom is 0.431 e. The first-order chi connectivity index (χ1) is 8.02. The molecular weight excluding hydrogens is 274 g/mol. The van der Waals surface area contributed by atoms with E-state index in [4.69, 9.17) is 0 Å². The largest absolute Gasteiger partial charge is 0.431 e. The molecule has 7 heteroatoms. The average molecular weight is 294 g/mol. The highest BCUT2D eigenvalue weighted by Crippen LogP contribution is 2.57. The van der Waals surface area contributed by atoms with Crippen LogP contribution in [-0.2, 0) is 4.74 Å². The van der Waals surface area contributed by atoms with E-state index in [1.807, 2.05) is 0 Å². The highest BCUT2D eigenvalue weighted by atomic mass is 19.4. The van der Waals surface area contributed by atoms with Crippen LogP contribution in [0.5, 0.6) is 0 Å². The molecule has 0 N–H and O–H groups in total. The molecule has 0 bridgehead atoms. The Morgan fingerprint density at radius 2 is 1.16 bits per heavy atom. The zero-order valence-corrected chi connectivity index (χ0v) is 11.9. The van der Waals surface area contributed by atoms with Crippen molar-refractivity contribution in [2.24, 2.45) is 5.41 Å². The smallest absolute Gasteiger partial charge is 0.312 e. The van der Waals surface area contributed by atoms with Crippen molar-refractivity contribution in [1.29, 1.82) is 0 Å². The molecule has 0 heterocycles. The fourth-order valence-electron chi connectivity index (χ4n) is 1.64. The highest BCUT2D eigenvalue weighted by molar-refractivity contribution is 5.05. The van der Waals surface area contributed by atoms with Crippen molar-refractivity contribution in [2.45, 2.75) is 71.5 Å². The van der Waals surface area contributed by atoms with E-state index >= 15 is 0 Å². The Morgan fingerprint density at radius 1 is 0.789 bits per heavy atom. The van der Waals surface area contributed by atoms with Crippen molar-refractivity contribution in [1.82, 2.24) is 0 Å². The maximum atomic E-state index is 14.4. The molecule has 1 atom stereocenters. The van der Waals surface area contributed by atoms with Gasteiger partial charge in [0.05, 0.1) is 5.60 Å². The van der Waals surface area contributed by atoms with E-state index in [0.717, 1.165) is 34.6 Å². The lowest BCUT2D eigenvalue weighted by molar-refractivity contribution is -0.424. The quantitative estimate of drug-likeness (QED) is 0.655. The van der Waals surface area contributed by atoms with E-state index < -0.39 is 35.4 Å². The van der Waals surface area contributed by atoms with E-state index in [0.29, 0.717) is 0 Å². The molecule has 0 aromatic carbocycles. The molecule has 0 aliphatic carbocycles. The molecule has 0 saturated carbocycles. The first-order valence-electron chi connectivity index (χ1n) is 5.85. The third-order valence-corrected chi connectivity index (χ3v) is 3.04. The Balaban J connectivity index is 5.90. The highest BCUT2D eigenvalue weighted by Gasteiger charge is 2.78. The molecule has 0 amide bonds. The molecule has 0 radical (unpaired) electrons. The number of rotatable bonds is 4. The second-order valence-electron chi connectivity index (χ2n) is 6.12. The lowest BCUT2D eigenvalue weighted by atomic mass is 9.72. The molecule has 0 aliphatic rings. The fraction of sp³-hybridized carbons (Fsp3) is 1.00. The molecule has 0 aromatic heterocycles. The molecular formula is C12H20F6O. The van der Waals surface area contributed by atoms with Crippen LogP contribution in [0.15, 0.2) is 0 Å². The number of hydrogen-bond donors (Lipinski definition) is 0. The fourth-order valence-corrected chi connectivity index (χ4v) is 1.64. The van der Waals surface area contributed by atoms with E-state index in [2.05, 4.69) is 4.74 Å². The van der Waals surface area contributed by atoms with Crippen molar-refractivity contribution >= 4 is 0 Å².